The van der Waals surface area contributed by atoms with Gasteiger partial charge >= 0.3 is 0 Å². The van der Waals surface area contributed by atoms with Crippen molar-refractivity contribution in [3.63, 3.8) is 0 Å². The average Bonchev–Trinajstić information content (AvgIpc) is 2.46. The third-order valence-corrected chi connectivity index (χ3v) is 3.26. The lowest BCUT2D eigenvalue weighted by Crippen LogP contribution is -2.00. The van der Waals surface area contributed by atoms with E-state index in [1.165, 1.54) is 5.56 Å². The zero-order valence-electron chi connectivity index (χ0n) is 12.1. The van der Waals surface area contributed by atoms with E-state index in [9.17, 15) is 0 Å². The van der Waals surface area contributed by atoms with Gasteiger partial charge in [0.05, 0.1) is 5.71 Å². The fourth-order valence-electron chi connectivity index (χ4n) is 1.94. The van der Waals surface area contributed by atoms with Crippen LogP contribution in [0.25, 0.3) is 0 Å². The molecule has 0 bridgehead atoms. The normalized spacial score (nSPS) is 11.4. The number of nitrogens with zero attached hydrogens (tertiary/aromatic N) is 1. The van der Waals surface area contributed by atoms with Crippen LogP contribution in [0.5, 0.6) is 5.75 Å². The smallest absolute Gasteiger partial charge is 0.122 e. The van der Waals surface area contributed by atoms with Gasteiger partial charge in [0, 0.05) is 0 Å². The van der Waals surface area contributed by atoms with Gasteiger partial charge in [0.2, 0.25) is 0 Å². The summed E-state index contributed by atoms with van der Waals surface area (Å²) >= 11 is 0. The fraction of sp³-hybridized carbons (Fsp3) is 0.235. The van der Waals surface area contributed by atoms with Gasteiger partial charge in [-0.1, -0.05) is 35.0 Å². The first-order valence-electron chi connectivity index (χ1n) is 6.58. The van der Waals surface area contributed by atoms with Crippen LogP contribution in [-0.2, 0) is 6.61 Å². The predicted molar refractivity (Wildman–Crippen MR) is 80.7 cm³/mol. The summed E-state index contributed by atoms with van der Waals surface area (Å²) in [6.07, 6.45) is 0. The Labute approximate surface area is 119 Å². The molecule has 0 saturated carbocycles. The van der Waals surface area contributed by atoms with E-state index in [0.717, 1.165) is 22.4 Å². The SMILES string of the molecule is C/C(=N\O)c1ccc(OCc2ccc(C)cc2)c(C)c1. The van der Waals surface area contributed by atoms with Gasteiger partial charge in [-0.3, -0.25) is 0 Å². The molecule has 3 heteroatoms. The Morgan fingerprint density at radius 2 is 1.80 bits per heavy atom. The van der Waals surface area contributed by atoms with Crippen molar-refractivity contribution in [2.24, 2.45) is 5.16 Å². The molecule has 0 aliphatic carbocycles. The highest BCUT2D eigenvalue weighted by Crippen LogP contribution is 2.21. The lowest BCUT2D eigenvalue weighted by molar-refractivity contribution is 0.304. The highest BCUT2D eigenvalue weighted by atomic mass is 16.5. The van der Waals surface area contributed by atoms with Crippen molar-refractivity contribution in [2.75, 3.05) is 0 Å². The van der Waals surface area contributed by atoms with Gasteiger partial charge in [-0.05, 0) is 55.7 Å². The molecule has 0 atom stereocenters. The number of hydrogen-bond acceptors (Lipinski definition) is 3. The van der Waals surface area contributed by atoms with Crippen LogP contribution in [0.15, 0.2) is 47.6 Å². The van der Waals surface area contributed by atoms with E-state index in [-0.39, 0.29) is 0 Å². The first kappa shape index (κ1) is 14.1. The van der Waals surface area contributed by atoms with Crippen molar-refractivity contribution in [3.8, 4) is 5.75 Å². The molecule has 0 heterocycles. The molecule has 1 N–H and O–H groups in total. The van der Waals surface area contributed by atoms with E-state index in [1.807, 2.05) is 25.1 Å². The van der Waals surface area contributed by atoms with E-state index in [2.05, 4.69) is 36.3 Å². The average molecular weight is 269 g/mol. The first-order chi connectivity index (χ1) is 9.60. The van der Waals surface area contributed by atoms with Crippen LogP contribution >= 0.6 is 0 Å². The molecule has 0 amide bonds. The Morgan fingerprint density at radius 1 is 1.10 bits per heavy atom. The molecule has 0 spiro atoms. The summed E-state index contributed by atoms with van der Waals surface area (Å²) < 4.78 is 5.83. The molecule has 2 rings (SSSR count). The predicted octanol–water partition coefficient (Wildman–Crippen LogP) is 4.08. The number of oxime groups is 1. The summed E-state index contributed by atoms with van der Waals surface area (Å²) in [6, 6.07) is 14.1. The number of aryl methyl sites for hydroxylation is 2. The molecule has 0 radical (unpaired) electrons. The molecule has 3 nitrogen and oxygen atoms in total. The van der Waals surface area contributed by atoms with Crippen molar-refractivity contribution in [1.29, 1.82) is 0 Å². The molecule has 0 aliphatic rings. The largest absolute Gasteiger partial charge is 0.489 e. The Bertz CT molecular complexity index is 615. The second-order valence-corrected chi connectivity index (χ2v) is 4.94. The van der Waals surface area contributed by atoms with E-state index < -0.39 is 0 Å². The Kier molecular flexibility index (Phi) is 4.41. The molecule has 2 aromatic rings. The summed E-state index contributed by atoms with van der Waals surface area (Å²) in [6.45, 7) is 6.37. The summed E-state index contributed by atoms with van der Waals surface area (Å²) in [5.74, 6) is 0.847. The number of benzene rings is 2. The van der Waals surface area contributed by atoms with Gasteiger partial charge in [-0.15, -0.1) is 0 Å². The first-order valence-corrected chi connectivity index (χ1v) is 6.58. The maximum atomic E-state index is 8.78. The van der Waals surface area contributed by atoms with Gasteiger partial charge in [-0.25, -0.2) is 0 Å². The van der Waals surface area contributed by atoms with Gasteiger partial charge in [0.25, 0.3) is 0 Å². The van der Waals surface area contributed by atoms with Crippen LogP contribution < -0.4 is 4.74 Å². The minimum atomic E-state index is 0.549. The summed E-state index contributed by atoms with van der Waals surface area (Å²) in [4.78, 5) is 0. The van der Waals surface area contributed by atoms with E-state index >= 15 is 0 Å². The summed E-state index contributed by atoms with van der Waals surface area (Å²) in [5, 5.41) is 12.0. The molecule has 0 unspecified atom stereocenters. The standard InChI is InChI=1S/C17H19NO2/c1-12-4-6-15(7-5-12)11-20-17-9-8-16(10-13(17)2)14(3)18-19/h4-10,19H,11H2,1-3H3/b18-14+. The molecule has 0 aromatic heterocycles. The minimum Gasteiger partial charge on any atom is -0.489 e. The molecule has 0 aliphatic heterocycles. The molecular formula is C17H19NO2. The van der Waals surface area contributed by atoms with Gasteiger partial charge in [0.1, 0.15) is 12.4 Å². The Hall–Kier alpha value is -2.29. The van der Waals surface area contributed by atoms with Crippen molar-refractivity contribution in [3.05, 3.63) is 64.7 Å². The minimum absolute atomic E-state index is 0.549. The van der Waals surface area contributed by atoms with Crippen molar-refractivity contribution in [2.45, 2.75) is 27.4 Å². The van der Waals surface area contributed by atoms with Crippen LogP contribution in [0, 0.1) is 13.8 Å². The van der Waals surface area contributed by atoms with Gasteiger partial charge in [0.15, 0.2) is 0 Å². The third kappa shape index (κ3) is 3.38. The zero-order valence-corrected chi connectivity index (χ0v) is 12.1. The molecule has 2 aromatic carbocycles. The Morgan fingerprint density at radius 3 is 2.40 bits per heavy atom. The number of hydrogen-bond donors (Lipinski definition) is 1. The highest BCUT2D eigenvalue weighted by Gasteiger charge is 2.04. The number of ether oxygens (including phenoxy) is 1. The maximum absolute atomic E-state index is 8.78. The Balaban J connectivity index is 2.08. The molecule has 0 fully saturated rings. The molecule has 104 valence electrons. The van der Waals surface area contributed by atoms with E-state index in [0.29, 0.717) is 12.3 Å². The van der Waals surface area contributed by atoms with Gasteiger partial charge < -0.3 is 9.94 Å². The third-order valence-electron chi connectivity index (χ3n) is 3.26. The maximum Gasteiger partial charge on any atom is 0.122 e. The zero-order chi connectivity index (χ0) is 14.5. The number of rotatable bonds is 4. The van der Waals surface area contributed by atoms with Crippen LogP contribution in [0.4, 0.5) is 0 Å². The van der Waals surface area contributed by atoms with E-state index in [1.54, 1.807) is 6.92 Å². The van der Waals surface area contributed by atoms with Crippen molar-refractivity contribution < 1.29 is 9.94 Å². The molecular weight excluding hydrogens is 250 g/mol. The van der Waals surface area contributed by atoms with Crippen LogP contribution in [0.3, 0.4) is 0 Å². The monoisotopic (exact) mass is 269 g/mol. The van der Waals surface area contributed by atoms with Crippen molar-refractivity contribution >= 4 is 5.71 Å². The fourth-order valence-corrected chi connectivity index (χ4v) is 1.94. The quantitative estimate of drug-likeness (QED) is 0.516. The second-order valence-electron chi connectivity index (χ2n) is 4.94. The highest BCUT2D eigenvalue weighted by molar-refractivity contribution is 5.98. The topological polar surface area (TPSA) is 41.8 Å². The van der Waals surface area contributed by atoms with Crippen LogP contribution in [0.1, 0.15) is 29.2 Å². The summed E-state index contributed by atoms with van der Waals surface area (Å²) in [5.41, 5.74) is 4.91. The molecule has 0 saturated heterocycles. The second kappa shape index (κ2) is 6.24. The molecule has 20 heavy (non-hydrogen) atoms. The summed E-state index contributed by atoms with van der Waals surface area (Å²) in [7, 11) is 0. The van der Waals surface area contributed by atoms with Crippen molar-refractivity contribution in [1.82, 2.24) is 0 Å². The van der Waals surface area contributed by atoms with Crippen LogP contribution in [0.2, 0.25) is 0 Å². The lowest BCUT2D eigenvalue weighted by atomic mass is 10.1. The lowest BCUT2D eigenvalue weighted by Gasteiger charge is -2.10. The van der Waals surface area contributed by atoms with E-state index in [4.69, 9.17) is 9.94 Å². The van der Waals surface area contributed by atoms with Gasteiger partial charge in [-0.2, -0.15) is 0 Å². The van der Waals surface area contributed by atoms with Crippen LogP contribution in [-0.4, -0.2) is 10.9 Å².